The number of halogens is 2. The minimum atomic E-state index is -0.766. The number of hydrogen-bond acceptors (Lipinski definition) is 2. The molecule has 0 aromatic heterocycles. The van der Waals surface area contributed by atoms with Crippen molar-refractivity contribution in [3.05, 3.63) is 34.1 Å². The van der Waals surface area contributed by atoms with Crippen LogP contribution < -0.4 is 5.32 Å². The zero-order valence-corrected chi connectivity index (χ0v) is 10.5. The number of aliphatic hydroxyl groups is 1. The molecule has 0 spiro atoms. The number of nitrogens with one attached hydrogen (secondary N) is 1. The van der Waals surface area contributed by atoms with Gasteiger partial charge in [0.05, 0.1) is 10.6 Å². The molecule has 1 aliphatic rings. The Hall–Kier alpha value is -0.450. The smallest absolute Gasteiger partial charge is 0.143 e. The van der Waals surface area contributed by atoms with Crippen molar-refractivity contribution < 1.29 is 9.50 Å². The number of benzene rings is 1. The Morgan fingerprint density at radius 3 is 2.94 bits per heavy atom. The minimum Gasteiger partial charge on any atom is -0.387 e. The van der Waals surface area contributed by atoms with Gasteiger partial charge >= 0.3 is 0 Å². The lowest BCUT2D eigenvalue weighted by atomic mass is 9.95. The molecule has 1 aliphatic heterocycles. The second-order valence-electron chi connectivity index (χ2n) is 4.14. The van der Waals surface area contributed by atoms with Gasteiger partial charge in [0.25, 0.3) is 0 Å². The third kappa shape index (κ3) is 2.44. The highest BCUT2D eigenvalue weighted by atomic mass is 79.9. The first-order valence-electron chi connectivity index (χ1n) is 5.55. The van der Waals surface area contributed by atoms with E-state index < -0.39 is 6.10 Å². The van der Waals surface area contributed by atoms with Gasteiger partial charge in [-0.1, -0.05) is 18.6 Å². The molecule has 0 amide bonds. The Morgan fingerprint density at radius 1 is 1.44 bits per heavy atom. The molecule has 0 aliphatic carbocycles. The Balaban J connectivity index is 2.19. The summed E-state index contributed by atoms with van der Waals surface area (Å²) in [5.41, 5.74) is 0.369. The Kier molecular flexibility index (Phi) is 3.95. The monoisotopic (exact) mass is 287 g/mol. The van der Waals surface area contributed by atoms with Crippen LogP contribution in [0.5, 0.6) is 0 Å². The zero-order chi connectivity index (χ0) is 11.5. The van der Waals surface area contributed by atoms with Gasteiger partial charge in [0.2, 0.25) is 0 Å². The molecular weight excluding hydrogens is 273 g/mol. The maximum absolute atomic E-state index is 13.8. The predicted octanol–water partition coefficient (Wildman–Crippen LogP) is 2.76. The van der Waals surface area contributed by atoms with E-state index >= 15 is 0 Å². The highest BCUT2D eigenvalue weighted by Gasteiger charge is 2.25. The van der Waals surface area contributed by atoms with E-state index in [2.05, 4.69) is 21.2 Å². The van der Waals surface area contributed by atoms with Crippen LogP contribution in [0.4, 0.5) is 4.39 Å². The summed E-state index contributed by atoms with van der Waals surface area (Å²) >= 11 is 3.13. The molecule has 2 rings (SSSR count). The van der Waals surface area contributed by atoms with Crippen LogP contribution in [0.3, 0.4) is 0 Å². The van der Waals surface area contributed by atoms with Gasteiger partial charge in [0, 0.05) is 11.6 Å². The van der Waals surface area contributed by atoms with Gasteiger partial charge in [-0.25, -0.2) is 4.39 Å². The van der Waals surface area contributed by atoms with Crippen molar-refractivity contribution in [3.63, 3.8) is 0 Å². The third-order valence-electron chi connectivity index (χ3n) is 3.03. The normalized spacial score (nSPS) is 23.1. The molecule has 1 heterocycles. The lowest BCUT2D eigenvalue weighted by Crippen LogP contribution is -2.39. The van der Waals surface area contributed by atoms with E-state index in [4.69, 9.17) is 0 Å². The highest BCUT2D eigenvalue weighted by molar-refractivity contribution is 9.10. The quantitative estimate of drug-likeness (QED) is 0.877. The molecule has 2 unspecified atom stereocenters. The van der Waals surface area contributed by atoms with Crippen LogP contribution in [0.2, 0.25) is 0 Å². The SMILES string of the molecule is OC(c1cccc(Br)c1F)C1CCCCN1. The molecule has 2 nitrogen and oxygen atoms in total. The summed E-state index contributed by atoms with van der Waals surface area (Å²) in [7, 11) is 0. The summed E-state index contributed by atoms with van der Waals surface area (Å²) < 4.78 is 14.2. The van der Waals surface area contributed by atoms with Gasteiger partial charge in [-0.3, -0.25) is 0 Å². The fourth-order valence-electron chi connectivity index (χ4n) is 2.11. The average molecular weight is 288 g/mol. The number of hydrogen-bond donors (Lipinski definition) is 2. The van der Waals surface area contributed by atoms with Crippen LogP contribution in [-0.2, 0) is 0 Å². The summed E-state index contributed by atoms with van der Waals surface area (Å²) in [5.74, 6) is -0.359. The van der Waals surface area contributed by atoms with E-state index in [9.17, 15) is 9.50 Å². The molecule has 2 atom stereocenters. The fraction of sp³-hybridized carbons (Fsp3) is 0.500. The fourth-order valence-corrected chi connectivity index (χ4v) is 2.50. The molecule has 1 fully saturated rings. The van der Waals surface area contributed by atoms with Crippen molar-refractivity contribution in [2.24, 2.45) is 0 Å². The summed E-state index contributed by atoms with van der Waals surface area (Å²) in [5, 5.41) is 13.4. The third-order valence-corrected chi connectivity index (χ3v) is 3.64. The summed E-state index contributed by atoms with van der Waals surface area (Å²) in [6.07, 6.45) is 2.35. The molecule has 1 saturated heterocycles. The van der Waals surface area contributed by atoms with Crippen LogP contribution >= 0.6 is 15.9 Å². The maximum atomic E-state index is 13.8. The largest absolute Gasteiger partial charge is 0.387 e. The van der Waals surface area contributed by atoms with Crippen molar-refractivity contribution in [2.75, 3.05) is 6.54 Å². The molecular formula is C12H15BrFNO. The zero-order valence-electron chi connectivity index (χ0n) is 8.92. The first-order chi connectivity index (χ1) is 7.70. The van der Waals surface area contributed by atoms with Crippen LogP contribution in [0.15, 0.2) is 22.7 Å². The van der Waals surface area contributed by atoms with Gasteiger partial charge in [0.15, 0.2) is 0 Å². The van der Waals surface area contributed by atoms with Crippen molar-refractivity contribution in [3.8, 4) is 0 Å². The van der Waals surface area contributed by atoms with E-state index in [1.807, 2.05) is 0 Å². The van der Waals surface area contributed by atoms with Crippen molar-refractivity contribution in [1.82, 2.24) is 5.32 Å². The molecule has 1 aromatic carbocycles. The molecule has 1 aromatic rings. The topological polar surface area (TPSA) is 32.3 Å². The van der Waals surface area contributed by atoms with Gasteiger partial charge in [-0.15, -0.1) is 0 Å². The molecule has 4 heteroatoms. The van der Waals surface area contributed by atoms with Crippen molar-refractivity contribution >= 4 is 15.9 Å². The first-order valence-corrected chi connectivity index (χ1v) is 6.35. The lowest BCUT2D eigenvalue weighted by Gasteiger charge is -2.28. The maximum Gasteiger partial charge on any atom is 0.143 e. The second-order valence-corrected chi connectivity index (χ2v) is 5.00. The van der Waals surface area contributed by atoms with E-state index in [0.29, 0.717) is 10.0 Å². The van der Waals surface area contributed by atoms with Gasteiger partial charge in [-0.2, -0.15) is 0 Å². The number of piperidine rings is 1. The highest BCUT2D eigenvalue weighted by Crippen LogP contribution is 2.28. The number of aliphatic hydroxyl groups excluding tert-OH is 1. The van der Waals surface area contributed by atoms with Crippen LogP contribution in [0.25, 0.3) is 0 Å². The van der Waals surface area contributed by atoms with Crippen LogP contribution in [-0.4, -0.2) is 17.7 Å². The Morgan fingerprint density at radius 2 is 2.25 bits per heavy atom. The van der Waals surface area contributed by atoms with Gasteiger partial charge in [0.1, 0.15) is 5.82 Å². The molecule has 0 bridgehead atoms. The van der Waals surface area contributed by atoms with Crippen molar-refractivity contribution in [2.45, 2.75) is 31.4 Å². The van der Waals surface area contributed by atoms with Gasteiger partial charge < -0.3 is 10.4 Å². The molecule has 0 radical (unpaired) electrons. The van der Waals surface area contributed by atoms with E-state index in [1.165, 1.54) is 0 Å². The van der Waals surface area contributed by atoms with E-state index in [1.54, 1.807) is 18.2 Å². The standard InChI is InChI=1S/C12H15BrFNO/c13-9-5-3-4-8(11(9)14)12(16)10-6-1-2-7-15-10/h3-5,10,12,15-16H,1-2,6-7H2. The molecule has 2 N–H and O–H groups in total. The van der Waals surface area contributed by atoms with Crippen LogP contribution in [0.1, 0.15) is 30.9 Å². The number of rotatable bonds is 2. The molecule has 16 heavy (non-hydrogen) atoms. The molecule has 0 saturated carbocycles. The lowest BCUT2D eigenvalue weighted by molar-refractivity contribution is 0.110. The summed E-state index contributed by atoms with van der Waals surface area (Å²) in [6, 6.07) is 4.99. The Labute approximate surface area is 103 Å². The molecule has 88 valence electrons. The first kappa shape index (κ1) is 12.0. The second kappa shape index (κ2) is 5.25. The summed E-state index contributed by atoms with van der Waals surface area (Å²) in [4.78, 5) is 0. The predicted molar refractivity (Wildman–Crippen MR) is 64.7 cm³/mol. The van der Waals surface area contributed by atoms with E-state index in [-0.39, 0.29) is 11.9 Å². The van der Waals surface area contributed by atoms with Gasteiger partial charge in [-0.05, 0) is 41.4 Å². The minimum absolute atomic E-state index is 0.0300. The average Bonchev–Trinajstić information content (AvgIpc) is 2.33. The van der Waals surface area contributed by atoms with E-state index in [0.717, 1.165) is 25.8 Å². The summed E-state index contributed by atoms with van der Waals surface area (Å²) in [6.45, 7) is 0.900. The van der Waals surface area contributed by atoms with Crippen LogP contribution in [0, 0.1) is 5.82 Å². The Bertz CT molecular complexity index is 366. The van der Waals surface area contributed by atoms with Crippen molar-refractivity contribution in [1.29, 1.82) is 0 Å².